The van der Waals surface area contributed by atoms with Gasteiger partial charge in [-0.05, 0) is 6.42 Å². The van der Waals surface area contributed by atoms with E-state index >= 15 is 0 Å². The van der Waals surface area contributed by atoms with Gasteiger partial charge in [-0.1, -0.05) is 24.9 Å². The van der Waals surface area contributed by atoms with E-state index in [9.17, 15) is 4.79 Å². The van der Waals surface area contributed by atoms with E-state index in [2.05, 4.69) is 26.9 Å². The average Bonchev–Trinajstić information content (AvgIpc) is 2.27. The topological polar surface area (TPSA) is 64.1 Å². The molecule has 0 fully saturated rings. The largest absolute Gasteiger partial charge is 0.464 e. The number of esters is 1. The van der Waals surface area contributed by atoms with Gasteiger partial charge in [-0.15, -0.1) is 0 Å². The number of anilines is 1. The van der Waals surface area contributed by atoms with E-state index in [0.717, 1.165) is 19.4 Å². The number of methoxy groups -OCH3 is 1. The fraction of sp³-hybridized carbons (Fsp3) is 0.500. The molecule has 0 aliphatic heterocycles. The van der Waals surface area contributed by atoms with E-state index in [1.54, 1.807) is 0 Å². The summed E-state index contributed by atoms with van der Waals surface area (Å²) < 4.78 is 4.56. The molecule has 0 aliphatic rings. The van der Waals surface area contributed by atoms with Gasteiger partial charge in [0.1, 0.15) is 5.15 Å². The zero-order valence-electron chi connectivity index (χ0n) is 9.29. The van der Waals surface area contributed by atoms with Gasteiger partial charge in [0.25, 0.3) is 0 Å². The molecule has 1 heterocycles. The first-order valence-corrected chi connectivity index (χ1v) is 5.42. The third-order valence-electron chi connectivity index (χ3n) is 1.90. The lowest BCUT2D eigenvalue weighted by Crippen LogP contribution is -2.10. The maximum absolute atomic E-state index is 11.2. The molecular formula is C10H14ClN3O2. The number of hydrogen-bond donors (Lipinski definition) is 1. The first-order valence-electron chi connectivity index (χ1n) is 5.04. The third-order valence-corrected chi connectivity index (χ3v) is 2.10. The molecule has 0 spiro atoms. The maximum atomic E-state index is 11.2. The molecule has 0 saturated carbocycles. The van der Waals surface area contributed by atoms with Crippen molar-refractivity contribution in [1.82, 2.24) is 9.97 Å². The highest BCUT2D eigenvalue weighted by Crippen LogP contribution is 2.11. The summed E-state index contributed by atoms with van der Waals surface area (Å²) in [7, 11) is 1.29. The second kappa shape index (κ2) is 6.27. The van der Waals surface area contributed by atoms with Gasteiger partial charge in [-0.2, -0.15) is 0 Å². The van der Waals surface area contributed by atoms with E-state index in [0.29, 0.717) is 5.95 Å². The first kappa shape index (κ1) is 12.7. The summed E-state index contributed by atoms with van der Waals surface area (Å²) in [5, 5.41) is 3.21. The van der Waals surface area contributed by atoms with E-state index in [1.165, 1.54) is 13.2 Å². The standard InChI is InChI=1S/C10H14ClN3O2/c1-3-4-5-12-10-13-7(9(15)16-2)6-8(11)14-10/h6H,3-5H2,1-2H3,(H,12,13,14). The van der Waals surface area contributed by atoms with Crippen LogP contribution in [0.4, 0.5) is 5.95 Å². The van der Waals surface area contributed by atoms with Crippen molar-refractivity contribution in [2.45, 2.75) is 19.8 Å². The molecule has 0 unspecified atom stereocenters. The Hall–Kier alpha value is -1.36. The lowest BCUT2D eigenvalue weighted by molar-refractivity contribution is 0.0594. The second-order valence-electron chi connectivity index (χ2n) is 3.17. The minimum absolute atomic E-state index is 0.154. The minimum atomic E-state index is -0.525. The summed E-state index contributed by atoms with van der Waals surface area (Å²) in [6.45, 7) is 2.83. The fourth-order valence-electron chi connectivity index (χ4n) is 1.08. The minimum Gasteiger partial charge on any atom is -0.464 e. The van der Waals surface area contributed by atoms with Crippen LogP contribution in [0.3, 0.4) is 0 Å². The molecule has 1 aromatic rings. The van der Waals surface area contributed by atoms with Crippen LogP contribution in [0.15, 0.2) is 6.07 Å². The molecule has 0 saturated heterocycles. The van der Waals surface area contributed by atoms with Gasteiger partial charge in [0, 0.05) is 12.6 Å². The molecule has 0 atom stereocenters. The molecule has 0 bridgehead atoms. The molecule has 0 radical (unpaired) electrons. The Labute approximate surface area is 99.2 Å². The Morgan fingerprint density at radius 3 is 2.94 bits per heavy atom. The maximum Gasteiger partial charge on any atom is 0.356 e. The second-order valence-corrected chi connectivity index (χ2v) is 3.56. The number of hydrogen-bond acceptors (Lipinski definition) is 5. The lowest BCUT2D eigenvalue weighted by Gasteiger charge is -2.05. The number of aromatic nitrogens is 2. The van der Waals surface area contributed by atoms with Crippen molar-refractivity contribution in [3.8, 4) is 0 Å². The number of ether oxygens (including phenoxy) is 1. The highest BCUT2D eigenvalue weighted by atomic mass is 35.5. The van der Waals surface area contributed by atoms with Crippen molar-refractivity contribution >= 4 is 23.5 Å². The lowest BCUT2D eigenvalue weighted by atomic mass is 10.3. The van der Waals surface area contributed by atoms with Crippen LogP contribution in [0.2, 0.25) is 5.15 Å². The van der Waals surface area contributed by atoms with Gasteiger partial charge in [-0.25, -0.2) is 14.8 Å². The Balaban J connectivity index is 2.77. The van der Waals surface area contributed by atoms with Gasteiger partial charge in [0.2, 0.25) is 5.95 Å². The van der Waals surface area contributed by atoms with Gasteiger partial charge >= 0.3 is 5.97 Å². The van der Waals surface area contributed by atoms with Crippen molar-refractivity contribution in [2.75, 3.05) is 19.0 Å². The van der Waals surface area contributed by atoms with Crippen LogP contribution < -0.4 is 5.32 Å². The number of nitrogens with one attached hydrogen (secondary N) is 1. The van der Waals surface area contributed by atoms with Crippen LogP contribution in [0, 0.1) is 0 Å². The summed E-state index contributed by atoms with van der Waals surface area (Å²) in [6, 6.07) is 1.37. The van der Waals surface area contributed by atoms with Crippen molar-refractivity contribution in [2.24, 2.45) is 0 Å². The number of unbranched alkanes of at least 4 members (excludes halogenated alkanes) is 1. The van der Waals surface area contributed by atoms with Crippen molar-refractivity contribution in [1.29, 1.82) is 0 Å². The highest BCUT2D eigenvalue weighted by molar-refractivity contribution is 6.29. The monoisotopic (exact) mass is 243 g/mol. The molecule has 5 nitrogen and oxygen atoms in total. The number of carbonyl (C=O) groups excluding carboxylic acids is 1. The third kappa shape index (κ3) is 3.66. The molecular weight excluding hydrogens is 230 g/mol. The summed E-state index contributed by atoms with van der Waals surface area (Å²) in [4.78, 5) is 19.2. The van der Waals surface area contributed by atoms with Gasteiger partial charge in [0.15, 0.2) is 5.69 Å². The SMILES string of the molecule is CCCCNc1nc(Cl)cc(C(=O)OC)n1. The zero-order chi connectivity index (χ0) is 12.0. The summed E-state index contributed by atoms with van der Waals surface area (Å²) in [5.41, 5.74) is 0.154. The van der Waals surface area contributed by atoms with Crippen LogP contribution in [-0.2, 0) is 4.74 Å². The van der Waals surface area contributed by atoms with E-state index < -0.39 is 5.97 Å². The predicted molar refractivity (Wildman–Crippen MR) is 61.8 cm³/mol. The smallest absolute Gasteiger partial charge is 0.356 e. The molecule has 1 aromatic heterocycles. The van der Waals surface area contributed by atoms with E-state index in [1.807, 2.05) is 0 Å². The van der Waals surface area contributed by atoms with Crippen molar-refractivity contribution < 1.29 is 9.53 Å². The van der Waals surface area contributed by atoms with E-state index in [4.69, 9.17) is 11.6 Å². The molecule has 0 aromatic carbocycles. The normalized spacial score (nSPS) is 9.94. The van der Waals surface area contributed by atoms with Crippen LogP contribution in [0.25, 0.3) is 0 Å². The highest BCUT2D eigenvalue weighted by Gasteiger charge is 2.10. The fourth-order valence-corrected chi connectivity index (χ4v) is 1.27. The Bertz CT molecular complexity index is 371. The first-order chi connectivity index (χ1) is 7.67. The molecule has 6 heteroatoms. The number of halogens is 1. The average molecular weight is 244 g/mol. The Morgan fingerprint density at radius 2 is 2.31 bits per heavy atom. The van der Waals surface area contributed by atoms with Crippen LogP contribution in [0.5, 0.6) is 0 Å². The molecule has 1 rings (SSSR count). The Morgan fingerprint density at radius 1 is 1.56 bits per heavy atom. The number of carbonyl (C=O) groups is 1. The molecule has 0 aliphatic carbocycles. The number of rotatable bonds is 5. The number of nitrogens with zero attached hydrogens (tertiary/aromatic N) is 2. The molecule has 88 valence electrons. The predicted octanol–water partition coefficient (Wildman–Crippen LogP) is 2.13. The quantitative estimate of drug-likeness (QED) is 0.488. The van der Waals surface area contributed by atoms with Crippen LogP contribution >= 0.6 is 11.6 Å². The molecule has 0 amide bonds. The van der Waals surface area contributed by atoms with Gasteiger partial charge in [-0.3, -0.25) is 0 Å². The van der Waals surface area contributed by atoms with Gasteiger partial charge < -0.3 is 10.1 Å². The summed E-state index contributed by atoms with van der Waals surface area (Å²) in [5.74, 6) is -0.177. The van der Waals surface area contributed by atoms with Crippen molar-refractivity contribution in [3.05, 3.63) is 16.9 Å². The molecule has 16 heavy (non-hydrogen) atoms. The van der Waals surface area contributed by atoms with Gasteiger partial charge in [0.05, 0.1) is 7.11 Å². The van der Waals surface area contributed by atoms with Crippen LogP contribution in [-0.4, -0.2) is 29.6 Å². The molecule has 1 N–H and O–H groups in total. The Kier molecular flexibility index (Phi) is 4.98. The van der Waals surface area contributed by atoms with Crippen molar-refractivity contribution in [3.63, 3.8) is 0 Å². The summed E-state index contributed by atoms with van der Waals surface area (Å²) in [6.07, 6.45) is 2.07. The van der Waals surface area contributed by atoms with Crippen LogP contribution in [0.1, 0.15) is 30.3 Å². The van der Waals surface area contributed by atoms with E-state index in [-0.39, 0.29) is 10.8 Å². The summed E-state index contributed by atoms with van der Waals surface area (Å²) >= 11 is 5.76. The zero-order valence-corrected chi connectivity index (χ0v) is 10.0.